The summed E-state index contributed by atoms with van der Waals surface area (Å²) in [6, 6.07) is 13.3. The van der Waals surface area contributed by atoms with E-state index in [0.717, 1.165) is 11.1 Å². The Morgan fingerprint density at radius 1 is 1.11 bits per heavy atom. The van der Waals surface area contributed by atoms with Gasteiger partial charge in [-0.3, -0.25) is 4.72 Å². The van der Waals surface area contributed by atoms with Gasteiger partial charge < -0.3 is 5.11 Å². The fourth-order valence-electron chi connectivity index (χ4n) is 1.67. The second-order valence-electron chi connectivity index (χ2n) is 4.28. The van der Waals surface area contributed by atoms with Crippen LogP contribution < -0.4 is 4.72 Å². The molecule has 5 heteroatoms. The van der Waals surface area contributed by atoms with Gasteiger partial charge in [0.25, 0.3) is 10.0 Å². The summed E-state index contributed by atoms with van der Waals surface area (Å²) in [5, 5.41) is 8.93. The molecular weight excluding hydrogens is 262 g/mol. The summed E-state index contributed by atoms with van der Waals surface area (Å²) in [6.07, 6.45) is 0. The molecule has 0 saturated heterocycles. The second-order valence-corrected chi connectivity index (χ2v) is 5.96. The predicted molar refractivity (Wildman–Crippen MR) is 74.4 cm³/mol. The fraction of sp³-hybridized carbons (Fsp3) is 0.143. The largest absolute Gasteiger partial charge is 0.392 e. The van der Waals surface area contributed by atoms with E-state index < -0.39 is 10.0 Å². The molecule has 4 nitrogen and oxygen atoms in total. The summed E-state index contributed by atoms with van der Waals surface area (Å²) in [6.45, 7) is 1.78. The van der Waals surface area contributed by atoms with Crippen LogP contribution in [-0.2, 0) is 16.6 Å². The van der Waals surface area contributed by atoms with Gasteiger partial charge in [0.1, 0.15) is 0 Å². The highest BCUT2D eigenvalue weighted by Gasteiger charge is 2.13. The van der Waals surface area contributed by atoms with Crippen molar-refractivity contribution in [2.45, 2.75) is 18.4 Å². The zero-order chi connectivity index (χ0) is 13.9. The zero-order valence-corrected chi connectivity index (χ0v) is 11.3. The maximum Gasteiger partial charge on any atom is 0.261 e. The van der Waals surface area contributed by atoms with Gasteiger partial charge in [0.15, 0.2) is 0 Å². The van der Waals surface area contributed by atoms with Gasteiger partial charge >= 0.3 is 0 Å². The SMILES string of the molecule is Cc1cccc(S(=O)(=O)Nc2ccc(CO)cc2)c1. The number of rotatable bonds is 4. The van der Waals surface area contributed by atoms with Crippen molar-refractivity contribution in [3.8, 4) is 0 Å². The van der Waals surface area contributed by atoms with Crippen LogP contribution in [0.5, 0.6) is 0 Å². The Morgan fingerprint density at radius 3 is 2.37 bits per heavy atom. The molecule has 0 unspecified atom stereocenters. The van der Waals surface area contributed by atoms with E-state index in [0.29, 0.717) is 5.69 Å². The highest BCUT2D eigenvalue weighted by molar-refractivity contribution is 7.92. The number of aliphatic hydroxyl groups excluding tert-OH is 1. The topological polar surface area (TPSA) is 66.4 Å². The minimum Gasteiger partial charge on any atom is -0.392 e. The van der Waals surface area contributed by atoms with Crippen molar-refractivity contribution in [3.63, 3.8) is 0 Å². The first-order chi connectivity index (χ1) is 9.01. The second kappa shape index (κ2) is 5.42. The van der Waals surface area contributed by atoms with Crippen LogP contribution in [0.3, 0.4) is 0 Å². The molecule has 0 aliphatic heterocycles. The van der Waals surface area contributed by atoms with Crippen LogP contribution in [0.15, 0.2) is 53.4 Å². The summed E-state index contributed by atoms with van der Waals surface area (Å²) in [5.41, 5.74) is 2.09. The summed E-state index contributed by atoms with van der Waals surface area (Å²) in [7, 11) is -3.57. The molecule has 0 atom stereocenters. The minimum absolute atomic E-state index is 0.0646. The van der Waals surface area contributed by atoms with Crippen molar-refractivity contribution in [3.05, 3.63) is 59.7 Å². The smallest absolute Gasteiger partial charge is 0.261 e. The van der Waals surface area contributed by atoms with E-state index in [4.69, 9.17) is 5.11 Å². The molecule has 19 heavy (non-hydrogen) atoms. The summed E-state index contributed by atoms with van der Waals surface area (Å²) in [4.78, 5) is 0.235. The minimum atomic E-state index is -3.57. The predicted octanol–water partition coefficient (Wildman–Crippen LogP) is 2.29. The van der Waals surface area contributed by atoms with Gasteiger partial charge in [-0.25, -0.2) is 8.42 Å². The van der Waals surface area contributed by atoms with Gasteiger partial charge in [-0.2, -0.15) is 0 Å². The molecular formula is C14H15NO3S. The average Bonchev–Trinajstić information content (AvgIpc) is 2.39. The van der Waals surface area contributed by atoms with Gasteiger partial charge in [-0.1, -0.05) is 24.3 Å². The van der Waals surface area contributed by atoms with Crippen LogP contribution in [-0.4, -0.2) is 13.5 Å². The van der Waals surface area contributed by atoms with Gasteiger partial charge in [-0.05, 0) is 42.3 Å². The normalized spacial score (nSPS) is 11.3. The molecule has 0 saturated carbocycles. The van der Waals surface area contributed by atoms with Crippen LogP contribution in [0.2, 0.25) is 0 Å². The van der Waals surface area contributed by atoms with Crippen molar-refractivity contribution in [1.29, 1.82) is 0 Å². The van der Waals surface area contributed by atoms with Crippen LogP contribution in [0.1, 0.15) is 11.1 Å². The highest BCUT2D eigenvalue weighted by Crippen LogP contribution is 2.17. The number of sulfonamides is 1. The molecule has 0 aliphatic rings. The Bertz CT molecular complexity index is 663. The van der Waals surface area contributed by atoms with Gasteiger partial charge in [-0.15, -0.1) is 0 Å². The summed E-state index contributed by atoms with van der Waals surface area (Å²) < 4.78 is 26.8. The first-order valence-electron chi connectivity index (χ1n) is 5.80. The molecule has 0 bridgehead atoms. The van der Waals surface area contributed by atoms with Gasteiger partial charge in [0.05, 0.1) is 11.5 Å². The van der Waals surface area contributed by atoms with E-state index in [1.165, 1.54) is 0 Å². The standard InChI is InChI=1S/C14H15NO3S/c1-11-3-2-4-14(9-11)19(17,18)15-13-7-5-12(10-16)6-8-13/h2-9,15-16H,10H2,1H3. The fourth-order valence-corrected chi connectivity index (χ4v) is 2.84. The van der Waals surface area contributed by atoms with Crippen LogP contribution in [0, 0.1) is 6.92 Å². The number of hydrogen-bond acceptors (Lipinski definition) is 3. The Kier molecular flexibility index (Phi) is 3.87. The molecule has 0 radical (unpaired) electrons. The molecule has 0 fully saturated rings. The molecule has 2 N–H and O–H groups in total. The maximum atomic E-state index is 12.1. The zero-order valence-electron chi connectivity index (χ0n) is 10.5. The van der Waals surface area contributed by atoms with Crippen LogP contribution in [0.25, 0.3) is 0 Å². The number of nitrogens with one attached hydrogen (secondary N) is 1. The van der Waals surface area contributed by atoms with Crippen LogP contribution in [0.4, 0.5) is 5.69 Å². The Balaban J connectivity index is 2.25. The number of aliphatic hydroxyl groups is 1. The van der Waals surface area contributed by atoms with Crippen molar-refractivity contribution >= 4 is 15.7 Å². The van der Waals surface area contributed by atoms with Crippen molar-refractivity contribution in [2.75, 3.05) is 4.72 Å². The first-order valence-corrected chi connectivity index (χ1v) is 7.29. The van der Waals surface area contributed by atoms with E-state index in [-0.39, 0.29) is 11.5 Å². The van der Waals surface area contributed by atoms with Crippen molar-refractivity contribution < 1.29 is 13.5 Å². The van der Waals surface area contributed by atoms with E-state index in [1.807, 2.05) is 13.0 Å². The molecule has 100 valence electrons. The molecule has 2 aromatic rings. The van der Waals surface area contributed by atoms with Gasteiger partial charge in [0.2, 0.25) is 0 Å². The molecule has 0 spiro atoms. The molecule has 2 aromatic carbocycles. The maximum absolute atomic E-state index is 12.1. The number of anilines is 1. The van der Waals surface area contributed by atoms with Crippen molar-refractivity contribution in [2.24, 2.45) is 0 Å². The third-order valence-electron chi connectivity index (χ3n) is 2.69. The lowest BCUT2D eigenvalue weighted by molar-refractivity contribution is 0.282. The summed E-state index contributed by atoms with van der Waals surface area (Å²) >= 11 is 0. The lowest BCUT2D eigenvalue weighted by Gasteiger charge is -2.09. The van der Waals surface area contributed by atoms with Gasteiger partial charge in [0, 0.05) is 5.69 Å². The van der Waals surface area contributed by atoms with Crippen LogP contribution >= 0.6 is 0 Å². The summed E-state index contributed by atoms with van der Waals surface area (Å²) in [5.74, 6) is 0. The quantitative estimate of drug-likeness (QED) is 0.901. The first kappa shape index (κ1) is 13.6. The molecule has 2 rings (SSSR count). The van der Waals surface area contributed by atoms with E-state index in [9.17, 15) is 8.42 Å². The molecule has 0 amide bonds. The third-order valence-corrected chi connectivity index (χ3v) is 4.07. The molecule has 0 heterocycles. The van der Waals surface area contributed by atoms with Crippen molar-refractivity contribution in [1.82, 2.24) is 0 Å². The number of hydrogen-bond donors (Lipinski definition) is 2. The third kappa shape index (κ3) is 3.33. The Labute approximate surface area is 112 Å². The lowest BCUT2D eigenvalue weighted by atomic mass is 10.2. The van der Waals surface area contributed by atoms with E-state index in [2.05, 4.69) is 4.72 Å². The van der Waals surface area contributed by atoms with E-state index in [1.54, 1.807) is 42.5 Å². The Morgan fingerprint density at radius 2 is 1.79 bits per heavy atom. The lowest BCUT2D eigenvalue weighted by Crippen LogP contribution is -2.13. The van der Waals surface area contributed by atoms with E-state index >= 15 is 0 Å². The number of aryl methyl sites for hydroxylation is 1. The monoisotopic (exact) mass is 277 g/mol. The molecule has 0 aromatic heterocycles. The highest BCUT2D eigenvalue weighted by atomic mass is 32.2. The average molecular weight is 277 g/mol. The Hall–Kier alpha value is -1.85. The number of benzene rings is 2. The molecule has 0 aliphatic carbocycles.